The van der Waals surface area contributed by atoms with Gasteiger partial charge in [0.1, 0.15) is 11.4 Å². The molecule has 1 saturated heterocycles. The van der Waals surface area contributed by atoms with Gasteiger partial charge in [-0.3, -0.25) is 5.32 Å². The SMILES string of the molecule is CC1OCC2CSC(NC(=O)O)=NC21c1cc(N)ccc1F. The summed E-state index contributed by atoms with van der Waals surface area (Å²) in [5, 5.41) is 11.4. The van der Waals surface area contributed by atoms with Crippen molar-refractivity contribution in [2.24, 2.45) is 10.9 Å². The van der Waals surface area contributed by atoms with E-state index in [2.05, 4.69) is 10.3 Å². The Hall–Kier alpha value is -1.80. The predicted octanol–water partition coefficient (Wildman–Crippen LogP) is 2.01. The van der Waals surface area contributed by atoms with Gasteiger partial charge in [0.2, 0.25) is 0 Å². The molecule has 118 valence electrons. The molecule has 3 rings (SSSR count). The highest BCUT2D eigenvalue weighted by molar-refractivity contribution is 8.13. The molecule has 3 unspecified atom stereocenters. The summed E-state index contributed by atoms with van der Waals surface area (Å²) in [7, 11) is 0. The number of nitrogens with zero attached hydrogens (tertiary/aromatic N) is 1. The Morgan fingerprint density at radius 1 is 1.64 bits per heavy atom. The molecule has 1 aromatic carbocycles. The zero-order valence-electron chi connectivity index (χ0n) is 11.9. The highest BCUT2D eigenvalue weighted by Crippen LogP contribution is 2.49. The quantitative estimate of drug-likeness (QED) is 0.686. The summed E-state index contributed by atoms with van der Waals surface area (Å²) >= 11 is 1.30. The van der Waals surface area contributed by atoms with Crippen LogP contribution in [0.3, 0.4) is 0 Å². The number of rotatable bonds is 1. The number of thioether (sulfide) groups is 1. The summed E-state index contributed by atoms with van der Waals surface area (Å²) in [4.78, 5) is 15.4. The molecular weight excluding hydrogens is 309 g/mol. The lowest BCUT2D eigenvalue weighted by Gasteiger charge is -2.37. The van der Waals surface area contributed by atoms with Crippen molar-refractivity contribution in [1.29, 1.82) is 0 Å². The number of amidine groups is 1. The molecular formula is C14H16FN3O3S. The predicted molar refractivity (Wildman–Crippen MR) is 82.4 cm³/mol. The number of carbonyl (C=O) groups is 1. The first kappa shape index (κ1) is 15.1. The number of anilines is 1. The number of ether oxygens (including phenoxy) is 1. The molecule has 8 heteroatoms. The lowest BCUT2D eigenvalue weighted by molar-refractivity contribution is 0.0948. The van der Waals surface area contributed by atoms with Crippen LogP contribution in [0, 0.1) is 11.7 Å². The molecule has 2 aliphatic rings. The van der Waals surface area contributed by atoms with E-state index in [0.29, 0.717) is 23.6 Å². The average molecular weight is 325 g/mol. The zero-order chi connectivity index (χ0) is 15.9. The van der Waals surface area contributed by atoms with Gasteiger partial charge in [-0.2, -0.15) is 0 Å². The van der Waals surface area contributed by atoms with Gasteiger partial charge in [-0.05, 0) is 25.1 Å². The maximum absolute atomic E-state index is 14.4. The van der Waals surface area contributed by atoms with E-state index in [-0.39, 0.29) is 17.2 Å². The van der Waals surface area contributed by atoms with Gasteiger partial charge < -0.3 is 15.6 Å². The van der Waals surface area contributed by atoms with E-state index < -0.39 is 17.4 Å². The van der Waals surface area contributed by atoms with E-state index in [1.807, 2.05) is 6.92 Å². The van der Waals surface area contributed by atoms with Crippen LogP contribution in [-0.4, -0.2) is 34.8 Å². The average Bonchev–Trinajstić information content (AvgIpc) is 2.79. The third-order valence-corrected chi connectivity index (χ3v) is 5.17. The first-order valence-electron chi connectivity index (χ1n) is 6.83. The Morgan fingerprint density at radius 3 is 3.14 bits per heavy atom. The van der Waals surface area contributed by atoms with Gasteiger partial charge >= 0.3 is 6.09 Å². The summed E-state index contributed by atoms with van der Waals surface area (Å²) < 4.78 is 20.1. The highest BCUT2D eigenvalue weighted by Gasteiger charge is 2.54. The zero-order valence-corrected chi connectivity index (χ0v) is 12.7. The van der Waals surface area contributed by atoms with Crippen LogP contribution in [0.4, 0.5) is 14.9 Å². The number of hydrogen-bond donors (Lipinski definition) is 3. The van der Waals surface area contributed by atoms with Gasteiger partial charge in [0.05, 0.1) is 12.7 Å². The van der Waals surface area contributed by atoms with Crippen LogP contribution in [0.2, 0.25) is 0 Å². The Balaban J connectivity index is 2.15. The van der Waals surface area contributed by atoms with Gasteiger partial charge in [-0.1, -0.05) is 11.8 Å². The first-order chi connectivity index (χ1) is 10.4. The number of halogens is 1. The molecule has 0 spiro atoms. The number of hydrogen-bond acceptors (Lipinski definition) is 5. The van der Waals surface area contributed by atoms with Gasteiger partial charge in [-0.15, -0.1) is 0 Å². The van der Waals surface area contributed by atoms with Crippen molar-refractivity contribution >= 4 is 28.7 Å². The summed E-state index contributed by atoms with van der Waals surface area (Å²) in [6.45, 7) is 2.27. The van der Waals surface area contributed by atoms with Crippen LogP contribution in [-0.2, 0) is 10.3 Å². The third-order valence-electron chi connectivity index (χ3n) is 4.13. The molecule has 0 aromatic heterocycles. The van der Waals surface area contributed by atoms with Gasteiger partial charge in [0, 0.05) is 22.9 Å². The molecule has 1 fully saturated rings. The fraction of sp³-hybridized carbons (Fsp3) is 0.429. The van der Waals surface area contributed by atoms with Crippen LogP contribution >= 0.6 is 11.8 Å². The number of amides is 1. The number of aliphatic imine (C=N–C) groups is 1. The molecule has 2 aliphatic heterocycles. The Labute approximate surface area is 130 Å². The largest absolute Gasteiger partial charge is 0.465 e. The van der Waals surface area contributed by atoms with Crippen molar-refractivity contribution in [2.75, 3.05) is 18.1 Å². The number of nitrogens with two attached hydrogens (primary N) is 1. The van der Waals surface area contributed by atoms with Gasteiger partial charge in [-0.25, -0.2) is 14.2 Å². The highest BCUT2D eigenvalue weighted by atomic mass is 32.2. The van der Waals surface area contributed by atoms with Crippen molar-refractivity contribution in [2.45, 2.75) is 18.6 Å². The minimum atomic E-state index is -1.19. The summed E-state index contributed by atoms with van der Waals surface area (Å²) in [6, 6.07) is 4.36. The molecule has 1 amide bonds. The Kier molecular flexibility index (Phi) is 3.73. The second-order valence-corrected chi connectivity index (χ2v) is 6.40. The fourth-order valence-corrected chi connectivity index (χ4v) is 4.17. The molecule has 0 radical (unpaired) electrons. The van der Waals surface area contributed by atoms with Gasteiger partial charge in [0.15, 0.2) is 5.17 Å². The van der Waals surface area contributed by atoms with Gasteiger partial charge in [0.25, 0.3) is 0 Å². The molecule has 0 aliphatic carbocycles. The number of nitrogens with one attached hydrogen (secondary N) is 1. The molecule has 3 atom stereocenters. The van der Waals surface area contributed by atoms with Crippen molar-refractivity contribution in [1.82, 2.24) is 5.32 Å². The smallest absolute Gasteiger partial charge is 0.410 e. The molecule has 0 saturated carbocycles. The van der Waals surface area contributed by atoms with E-state index in [0.717, 1.165) is 0 Å². The van der Waals surface area contributed by atoms with Crippen molar-refractivity contribution in [3.05, 3.63) is 29.6 Å². The van der Waals surface area contributed by atoms with Crippen LogP contribution in [0.15, 0.2) is 23.2 Å². The van der Waals surface area contributed by atoms with E-state index in [1.165, 1.54) is 23.9 Å². The van der Waals surface area contributed by atoms with Crippen molar-refractivity contribution in [3.63, 3.8) is 0 Å². The van der Waals surface area contributed by atoms with Crippen molar-refractivity contribution in [3.8, 4) is 0 Å². The van der Waals surface area contributed by atoms with E-state index >= 15 is 0 Å². The molecule has 0 bridgehead atoms. The number of benzene rings is 1. The number of carboxylic acid groups (broad SMARTS) is 1. The van der Waals surface area contributed by atoms with Crippen LogP contribution in [0.25, 0.3) is 0 Å². The van der Waals surface area contributed by atoms with E-state index in [9.17, 15) is 9.18 Å². The van der Waals surface area contributed by atoms with Crippen LogP contribution in [0.5, 0.6) is 0 Å². The minimum Gasteiger partial charge on any atom is -0.465 e. The van der Waals surface area contributed by atoms with Crippen LogP contribution < -0.4 is 11.1 Å². The van der Waals surface area contributed by atoms with E-state index in [4.69, 9.17) is 15.6 Å². The normalized spacial score (nSPS) is 30.5. The third kappa shape index (κ3) is 2.32. The fourth-order valence-electron chi connectivity index (χ4n) is 3.09. The molecule has 1 aromatic rings. The minimum absolute atomic E-state index is 0.0388. The molecule has 4 N–H and O–H groups in total. The van der Waals surface area contributed by atoms with E-state index in [1.54, 1.807) is 6.07 Å². The lowest BCUT2D eigenvalue weighted by Crippen LogP contribution is -2.45. The number of fused-ring (bicyclic) bond motifs is 1. The summed E-state index contributed by atoms with van der Waals surface area (Å²) in [5.41, 5.74) is 5.64. The second kappa shape index (κ2) is 5.44. The lowest BCUT2D eigenvalue weighted by atomic mass is 9.77. The van der Waals surface area contributed by atoms with Crippen molar-refractivity contribution < 1.29 is 19.0 Å². The Bertz CT molecular complexity index is 654. The molecule has 6 nitrogen and oxygen atoms in total. The van der Waals surface area contributed by atoms with Crippen LogP contribution in [0.1, 0.15) is 12.5 Å². The standard InChI is InChI=1S/C14H16FN3O3S/c1-7-14(10-4-9(16)2-3-11(10)15)8(5-21-7)6-22-12(18-14)17-13(19)20/h2-4,7-8H,5-6,16H2,1H3,(H,17,18)(H,19,20). The Morgan fingerprint density at radius 2 is 2.41 bits per heavy atom. The monoisotopic (exact) mass is 325 g/mol. The second-order valence-electron chi connectivity index (χ2n) is 5.40. The topological polar surface area (TPSA) is 96.9 Å². The summed E-state index contributed by atoms with van der Waals surface area (Å²) in [5.74, 6) is 0.141. The molecule has 2 heterocycles. The number of nitrogen functional groups attached to an aromatic ring is 1. The first-order valence-corrected chi connectivity index (χ1v) is 7.81. The molecule has 22 heavy (non-hydrogen) atoms. The maximum atomic E-state index is 14.4. The summed E-state index contributed by atoms with van der Waals surface area (Å²) in [6.07, 6.45) is -1.57. The maximum Gasteiger partial charge on any atom is 0.410 e.